The molecule has 9 aromatic rings. The number of anilines is 3. The van der Waals surface area contributed by atoms with Gasteiger partial charge in [0.25, 0.3) is 0 Å². The molecular weight excluding hydrogens is 583 g/mol. The Balaban J connectivity index is 1.35. The van der Waals surface area contributed by atoms with E-state index in [2.05, 4.69) is 187 Å². The van der Waals surface area contributed by atoms with Gasteiger partial charge in [-0.25, -0.2) is 0 Å². The number of rotatable bonds is 6. The molecule has 0 amide bonds. The molecule has 1 aromatic heterocycles. The van der Waals surface area contributed by atoms with Gasteiger partial charge in [-0.1, -0.05) is 158 Å². The van der Waals surface area contributed by atoms with Crippen molar-refractivity contribution in [2.45, 2.75) is 0 Å². The first-order valence-electron chi connectivity index (χ1n) is 16.4. The maximum Gasteiger partial charge on any atom is 0.159 e. The molecule has 0 bridgehead atoms. The largest absolute Gasteiger partial charge is 0.454 e. The molecule has 2 heteroatoms. The number of nitrogens with zero attached hydrogens (tertiary/aromatic N) is 1. The molecule has 0 saturated heterocycles. The topological polar surface area (TPSA) is 16.4 Å². The molecule has 0 spiro atoms. The molecule has 0 N–H and O–H groups in total. The molecule has 8 aromatic carbocycles. The van der Waals surface area contributed by atoms with Gasteiger partial charge in [0.2, 0.25) is 0 Å². The lowest BCUT2D eigenvalue weighted by atomic mass is 9.93. The highest BCUT2D eigenvalue weighted by Crippen LogP contribution is 2.47. The molecule has 0 saturated carbocycles. The summed E-state index contributed by atoms with van der Waals surface area (Å²) >= 11 is 0. The van der Waals surface area contributed by atoms with Crippen molar-refractivity contribution >= 4 is 49.8 Å². The molecule has 0 atom stereocenters. The zero-order valence-corrected chi connectivity index (χ0v) is 26.3. The zero-order valence-electron chi connectivity index (χ0n) is 26.3. The number of furan rings is 1. The normalized spacial score (nSPS) is 11.3. The molecule has 0 radical (unpaired) electrons. The standard InChI is InChI=1S/C46H31NO/c1-3-15-32(16-4-1)37-30-29-35(31-42(37)34-17-5-2-6-18-34)47(44-27-14-25-41-40-23-10-12-28-45(40)48-46(41)44)43-26-11-9-22-39(43)38-24-13-20-33-19-7-8-21-36(33)38/h1-31H. The second kappa shape index (κ2) is 11.8. The van der Waals surface area contributed by atoms with E-state index < -0.39 is 0 Å². The highest BCUT2D eigenvalue weighted by Gasteiger charge is 2.23. The first-order valence-corrected chi connectivity index (χ1v) is 16.4. The number of benzene rings is 8. The lowest BCUT2D eigenvalue weighted by Gasteiger charge is -2.29. The predicted molar refractivity (Wildman–Crippen MR) is 202 cm³/mol. The van der Waals surface area contributed by atoms with Crippen molar-refractivity contribution in [3.8, 4) is 33.4 Å². The van der Waals surface area contributed by atoms with Crippen LogP contribution >= 0.6 is 0 Å². The van der Waals surface area contributed by atoms with Gasteiger partial charge in [-0.2, -0.15) is 0 Å². The summed E-state index contributed by atoms with van der Waals surface area (Å²) in [5.41, 5.74) is 11.9. The summed E-state index contributed by atoms with van der Waals surface area (Å²) in [4.78, 5) is 2.38. The van der Waals surface area contributed by atoms with Crippen molar-refractivity contribution < 1.29 is 4.42 Å². The Morgan fingerprint density at radius 3 is 1.77 bits per heavy atom. The van der Waals surface area contributed by atoms with Gasteiger partial charge in [-0.15, -0.1) is 0 Å². The Morgan fingerprint density at radius 1 is 0.354 bits per heavy atom. The van der Waals surface area contributed by atoms with Gasteiger partial charge in [-0.3, -0.25) is 0 Å². The minimum absolute atomic E-state index is 0.861. The third-order valence-electron chi connectivity index (χ3n) is 9.28. The maximum atomic E-state index is 6.69. The minimum Gasteiger partial charge on any atom is -0.454 e. The van der Waals surface area contributed by atoms with Crippen LogP contribution in [-0.4, -0.2) is 0 Å². The average Bonchev–Trinajstić information content (AvgIpc) is 3.55. The second-order valence-corrected chi connectivity index (χ2v) is 12.1. The van der Waals surface area contributed by atoms with Crippen LogP contribution in [0.4, 0.5) is 17.1 Å². The Bertz CT molecular complexity index is 2560. The first kappa shape index (κ1) is 27.9. The Hall–Kier alpha value is -6.38. The zero-order chi connectivity index (χ0) is 31.9. The van der Waals surface area contributed by atoms with E-state index >= 15 is 0 Å². The van der Waals surface area contributed by atoms with E-state index in [9.17, 15) is 0 Å². The average molecular weight is 614 g/mol. The van der Waals surface area contributed by atoms with Crippen LogP contribution in [0.2, 0.25) is 0 Å². The van der Waals surface area contributed by atoms with Crippen molar-refractivity contribution in [3.05, 3.63) is 188 Å². The smallest absolute Gasteiger partial charge is 0.159 e. The van der Waals surface area contributed by atoms with Gasteiger partial charge >= 0.3 is 0 Å². The third-order valence-corrected chi connectivity index (χ3v) is 9.28. The molecule has 0 unspecified atom stereocenters. The van der Waals surface area contributed by atoms with E-state index in [1.807, 2.05) is 6.07 Å². The quantitative estimate of drug-likeness (QED) is 0.185. The Labute approximate surface area is 279 Å². The molecule has 1 heterocycles. The summed E-state index contributed by atoms with van der Waals surface area (Å²) in [6, 6.07) is 66.9. The third kappa shape index (κ3) is 4.74. The molecular formula is C46H31NO. The van der Waals surface area contributed by atoms with E-state index in [-0.39, 0.29) is 0 Å². The maximum absolute atomic E-state index is 6.69. The van der Waals surface area contributed by atoms with Crippen molar-refractivity contribution in [1.82, 2.24) is 0 Å². The molecule has 226 valence electrons. The van der Waals surface area contributed by atoms with Crippen molar-refractivity contribution in [2.24, 2.45) is 0 Å². The lowest BCUT2D eigenvalue weighted by molar-refractivity contribution is 0.669. The van der Waals surface area contributed by atoms with Crippen LogP contribution in [0, 0.1) is 0 Å². The van der Waals surface area contributed by atoms with Crippen molar-refractivity contribution in [2.75, 3.05) is 4.90 Å². The number of hydrogen-bond donors (Lipinski definition) is 0. The van der Waals surface area contributed by atoms with Crippen LogP contribution in [0.25, 0.3) is 66.1 Å². The number of fused-ring (bicyclic) bond motifs is 4. The lowest BCUT2D eigenvalue weighted by Crippen LogP contribution is -2.12. The van der Waals surface area contributed by atoms with E-state index in [1.165, 1.54) is 38.6 Å². The predicted octanol–water partition coefficient (Wildman–Crippen LogP) is 13.2. The molecule has 0 aliphatic carbocycles. The van der Waals surface area contributed by atoms with Crippen LogP contribution < -0.4 is 4.90 Å². The summed E-state index contributed by atoms with van der Waals surface area (Å²) < 4.78 is 6.69. The van der Waals surface area contributed by atoms with Crippen LogP contribution in [-0.2, 0) is 0 Å². The molecule has 0 aliphatic heterocycles. The van der Waals surface area contributed by atoms with Gasteiger partial charge in [0.1, 0.15) is 5.58 Å². The molecule has 0 fully saturated rings. The van der Waals surface area contributed by atoms with Crippen LogP contribution in [0.3, 0.4) is 0 Å². The number of para-hydroxylation sites is 3. The monoisotopic (exact) mass is 613 g/mol. The summed E-state index contributed by atoms with van der Waals surface area (Å²) in [6.45, 7) is 0. The molecule has 0 aliphatic rings. The highest BCUT2D eigenvalue weighted by molar-refractivity contribution is 6.11. The summed E-state index contributed by atoms with van der Waals surface area (Å²) in [6.07, 6.45) is 0. The van der Waals surface area contributed by atoms with Gasteiger partial charge in [0.05, 0.1) is 11.4 Å². The van der Waals surface area contributed by atoms with E-state index in [0.717, 1.165) is 44.6 Å². The minimum atomic E-state index is 0.861. The van der Waals surface area contributed by atoms with Crippen LogP contribution in [0.1, 0.15) is 0 Å². The number of hydrogen-bond acceptors (Lipinski definition) is 2. The van der Waals surface area contributed by atoms with E-state index in [4.69, 9.17) is 4.42 Å². The van der Waals surface area contributed by atoms with Crippen LogP contribution in [0.5, 0.6) is 0 Å². The van der Waals surface area contributed by atoms with Gasteiger partial charge in [0, 0.05) is 22.0 Å². The highest BCUT2D eigenvalue weighted by atomic mass is 16.3. The van der Waals surface area contributed by atoms with Gasteiger partial charge in [0.15, 0.2) is 5.58 Å². The fraction of sp³-hybridized carbons (Fsp3) is 0. The molecule has 2 nitrogen and oxygen atoms in total. The van der Waals surface area contributed by atoms with Gasteiger partial charge < -0.3 is 9.32 Å². The van der Waals surface area contributed by atoms with Crippen molar-refractivity contribution in [3.63, 3.8) is 0 Å². The fourth-order valence-corrected chi connectivity index (χ4v) is 7.07. The molecule has 48 heavy (non-hydrogen) atoms. The van der Waals surface area contributed by atoms with Gasteiger partial charge in [-0.05, 0) is 68.9 Å². The summed E-state index contributed by atoms with van der Waals surface area (Å²) in [7, 11) is 0. The van der Waals surface area contributed by atoms with Crippen molar-refractivity contribution in [1.29, 1.82) is 0 Å². The SMILES string of the molecule is c1ccc(-c2ccc(N(c3ccccc3-c3cccc4ccccc34)c3cccc4c3oc3ccccc34)cc2-c2ccccc2)cc1. The Kier molecular flexibility index (Phi) is 6.84. The second-order valence-electron chi connectivity index (χ2n) is 12.1. The van der Waals surface area contributed by atoms with E-state index in [0.29, 0.717) is 0 Å². The van der Waals surface area contributed by atoms with Crippen LogP contribution in [0.15, 0.2) is 192 Å². The van der Waals surface area contributed by atoms with E-state index in [1.54, 1.807) is 0 Å². The summed E-state index contributed by atoms with van der Waals surface area (Å²) in [5, 5.41) is 4.65. The Morgan fingerprint density at radius 2 is 0.938 bits per heavy atom. The summed E-state index contributed by atoms with van der Waals surface area (Å²) in [5.74, 6) is 0. The molecule has 9 rings (SSSR count). The fourth-order valence-electron chi connectivity index (χ4n) is 7.07. The first-order chi connectivity index (χ1) is 23.8.